The summed E-state index contributed by atoms with van der Waals surface area (Å²) in [5, 5.41) is 2.84. The predicted octanol–water partition coefficient (Wildman–Crippen LogP) is 5.91. The van der Waals surface area contributed by atoms with Gasteiger partial charge in [-0.3, -0.25) is 4.79 Å². The quantitative estimate of drug-likeness (QED) is 0.262. The fourth-order valence-electron chi connectivity index (χ4n) is 2.51. The maximum atomic E-state index is 12.1. The number of ether oxygens (including phenoxy) is 2. The highest BCUT2D eigenvalue weighted by molar-refractivity contribution is 14.1. The molecule has 2 aromatic rings. The summed E-state index contributed by atoms with van der Waals surface area (Å²) in [6.45, 7) is 2.88. The number of methoxy groups -OCH3 is 1. The minimum absolute atomic E-state index is 0.175. The highest BCUT2D eigenvalue weighted by atomic mass is 127. The summed E-state index contributed by atoms with van der Waals surface area (Å²) < 4.78 is 12.4. The van der Waals surface area contributed by atoms with Gasteiger partial charge in [0.1, 0.15) is 0 Å². The van der Waals surface area contributed by atoms with Crippen molar-refractivity contribution in [3.05, 3.63) is 57.7 Å². The fourth-order valence-corrected chi connectivity index (χ4v) is 2.87. The van der Waals surface area contributed by atoms with E-state index in [0.717, 1.165) is 27.0 Å². The lowest BCUT2D eigenvalue weighted by Gasteiger charge is -2.11. The number of anilines is 1. The van der Waals surface area contributed by atoms with E-state index in [2.05, 4.69) is 34.8 Å². The zero-order valence-electron chi connectivity index (χ0n) is 15.8. The average Bonchev–Trinajstić information content (AvgIpc) is 2.68. The van der Waals surface area contributed by atoms with E-state index in [9.17, 15) is 4.79 Å². The summed E-state index contributed by atoms with van der Waals surface area (Å²) in [5.41, 5.74) is 1.65. The topological polar surface area (TPSA) is 47.6 Å². The molecule has 0 saturated carbocycles. The molecule has 0 aromatic heterocycles. The second kappa shape index (κ2) is 11.6. The first-order valence-electron chi connectivity index (χ1n) is 9.18. The summed E-state index contributed by atoms with van der Waals surface area (Å²) in [6.07, 6.45) is 7.93. The number of carbonyl (C=O) groups excluding carboxylic acids is 1. The molecule has 0 heterocycles. The molecule has 5 heteroatoms. The molecule has 0 atom stereocenters. The summed E-state index contributed by atoms with van der Waals surface area (Å²) >= 11 is 2.23. The van der Waals surface area contributed by atoms with Gasteiger partial charge in [0, 0.05) is 15.3 Å². The van der Waals surface area contributed by atoms with E-state index in [1.165, 1.54) is 25.3 Å². The standard InChI is InChI=1S/C22H26INO3/c1-3-4-5-6-15-27-20-13-7-17(16-21(20)26-2)8-14-22(25)24-19-11-9-18(23)10-12-19/h7-14,16H,3-6,15H2,1-2H3,(H,24,25). The summed E-state index contributed by atoms with van der Waals surface area (Å²) in [7, 11) is 1.62. The molecule has 1 N–H and O–H groups in total. The van der Waals surface area contributed by atoms with Gasteiger partial charge in [0.2, 0.25) is 5.91 Å². The molecule has 144 valence electrons. The third kappa shape index (κ3) is 7.62. The number of unbranched alkanes of at least 4 members (excludes halogenated alkanes) is 3. The SMILES string of the molecule is CCCCCCOc1ccc(C=CC(=O)Nc2ccc(I)cc2)cc1OC. The first-order chi connectivity index (χ1) is 13.1. The van der Waals surface area contributed by atoms with Crippen LogP contribution in [0.5, 0.6) is 11.5 Å². The van der Waals surface area contributed by atoms with Crippen LogP contribution in [0.25, 0.3) is 6.08 Å². The van der Waals surface area contributed by atoms with Crippen LogP contribution < -0.4 is 14.8 Å². The number of carbonyl (C=O) groups is 1. The molecule has 0 unspecified atom stereocenters. The first kappa shape index (κ1) is 21.3. The van der Waals surface area contributed by atoms with Crippen LogP contribution in [-0.4, -0.2) is 19.6 Å². The van der Waals surface area contributed by atoms with Crippen molar-refractivity contribution in [3.8, 4) is 11.5 Å². The fraction of sp³-hybridized carbons (Fsp3) is 0.318. The summed E-state index contributed by atoms with van der Waals surface area (Å²) in [6, 6.07) is 13.3. The second-order valence-electron chi connectivity index (χ2n) is 6.15. The Morgan fingerprint density at radius 1 is 1.07 bits per heavy atom. The molecule has 2 rings (SSSR count). The molecule has 0 saturated heterocycles. The lowest BCUT2D eigenvalue weighted by molar-refractivity contribution is -0.111. The van der Waals surface area contributed by atoms with Crippen LogP contribution in [0.15, 0.2) is 48.5 Å². The minimum Gasteiger partial charge on any atom is -0.493 e. The van der Waals surface area contributed by atoms with Crippen LogP contribution >= 0.6 is 22.6 Å². The molecule has 0 aliphatic rings. The monoisotopic (exact) mass is 479 g/mol. The van der Waals surface area contributed by atoms with Crippen molar-refractivity contribution in [2.45, 2.75) is 32.6 Å². The number of rotatable bonds is 10. The molecule has 0 aliphatic heterocycles. The number of hydrogen-bond acceptors (Lipinski definition) is 3. The Kier molecular flexibility index (Phi) is 9.18. The molecule has 0 fully saturated rings. The van der Waals surface area contributed by atoms with E-state index in [1.54, 1.807) is 13.2 Å². The molecule has 27 heavy (non-hydrogen) atoms. The second-order valence-corrected chi connectivity index (χ2v) is 7.39. The molecule has 0 spiro atoms. The molecule has 4 nitrogen and oxygen atoms in total. The third-order valence-electron chi connectivity index (χ3n) is 3.98. The smallest absolute Gasteiger partial charge is 0.248 e. The van der Waals surface area contributed by atoms with Gasteiger partial charge in [-0.25, -0.2) is 0 Å². The van der Waals surface area contributed by atoms with Crippen LogP contribution in [0.4, 0.5) is 5.69 Å². The highest BCUT2D eigenvalue weighted by Crippen LogP contribution is 2.28. The van der Waals surface area contributed by atoms with Gasteiger partial charge in [-0.15, -0.1) is 0 Å². The van der Waals surface area contributed by atoms with Crippen LogP contribution in [0.2, 0.25) is 0 Å². The van der Waals surface area contributed by atoms with Crippen molar-refractivity contribution in [1.29, 1.82) is 0 Å². The van der Waals surface area contributed by atoms with E-state index in [4.69, 9.17) is 9.47 Å². The highest BCUT2D eigenvalue weighted by Gasteiger charge is 2.05. The zero-order valence-corrected chi connectivity index (χ0v) is 18.0. The third-order valence-corrected chi connectivity index (χ3v) is 4.70. The van der Waals surface area contributed by atoms with Crippen molar-refractivity contribution in [1.82, 2.24) is 0 Å². The van der Waals surface area contributed by atoms with E-state index in [1.807, 2.05) is 42.5 Å². The largest absolute Gasteiger partial charge is 0.493 e. The Labute approximate surface area is 175 Å². The summed E-state index contributed by atoms with van der Waals surface area (Å²) in [4.78, 5) is 12.1. The van der Waals surface area contributed by atoms with Crippen molar-refractivity contribution < 1.29 is 14.3 Å². The van der Waals surface area contributed by atoms with Crippen molar-refractivity contribution in [3.63, 3.8) is 0 Å². The van der Waals surface area contributed by atoms with Gasteiger partial charge < -0.3 is 14.8 Å². The van der Waals surface area contributed by atoms with Gasteiger partial charge in [-0.1, -0.05) is 32.3 Å². The zero-order chi connectivity index (χ0) is 19.5. The Morgan fingerprint density at radius 2 is 1.85 bits per heavy atom. The number of hydrogen-bond donors (Lipinski definition) is 1. The molecule has 0 radical (unpaired) electrons. The van der Waals surface area contributed by atoms with Gasteiger partial charge >= 0.3 is 0 Å². The maximum absolute atomic E-state index is 12.1. The van der Waals surface area contributed by atoms with E-state index >= 15 is 0 Å². The normalized spacial score (nSPS) is 10.8. The van der Waals surface area contributed by atoms with Crippen LogP contribution in [-0.2, 0) is 4.79 Å². The number of halogens is 1. The lowest BCUT2D eigenvalue weighted by Crippen LogP contribution is -2.07. The Balaban J connectivity index is 1.92. The van der Waals surface area contributed by atoms with Gasteiger partial charge in [-0.05, 0) is 77.0 Å². The number of amides is 1. The maximum Gasteiger partial charge on any atom is 0.248 e. The minimum atomic E-state index is -0.175. The van der Waals surface area contributed by atoms with Gasteiger partial charge in [0.25, 0.3) is 0 Å². The summed E-state index contributed by atoms with van der Waals surface area (Å²) in [5.74, 6) is 1.23. The Bertz CT molecular complexity index is 757. The molecule has 0 bridgehead atoms. The first-order valence-corrected chi connectivity index (χ1v) is 10.3. The Morgan fingerprint density at radius 3 is 2.56 bits per heavy atom. The lowest BCUT2D eigenvalue weighted by atomic mass is 10.2. The van der Waals surface area contributed by atoms with Crippen LogP contribution in [0.1, 0.15) is 38.2 Å². The van der Waals surface area contributed by atoms with Gasteiger partial charge in [0.05, 0.1) is 13.7 Å². The molecular formula is C22H26INO3. The van der Waals surface area contributed by atoms with Crippen LogP contribution in [0.3, 0.4) is 0 Å². The van der Waals surface area contributed by atoms with Gasteiger partial charge in [-0.2, -0.15) is 0 Å². The number of nitrogens with one attached hydrogen (secondary N) is 1. The van der Waals surface area contributed by atoms with E-state index in [0.29, 0.717) is 12.4 Å². The van der Waals surface area contributed by atoms with Crippen LogP contribution in [0, 0.1) is 3.57 Å². The van der Waals surface area contributed by atoms with E-state index in [-0.39, 0.29) is 5.91 Å². The van der Waals surface area contributed by atoms with E-state index < -0.39 is 0 Å². The number of benzene rings is 2. The van der Waals surface area contributed by atoms with Crippen molar-refractivity contribution >= 4 is 40.3 Å². The van der Waals surface area contributed by atoms with Crippen molar-refractivity contribution in [2.24, 2.45) is 0 Å². The molecular weight excluding hydrogens is 453 g/mol. The molecule has 0 aliphatic carbocycles. The molecule has 1 amide bonds. The van der Waals surface area contributed by atoms with Crippen molar-refractivity contribution in [2.75, 3.05) is 19.0 Å². The molecule has 2 aromatic carbocycles. The Hall–Kier alpha value is -2.02. The van der Waals surface area contributed by atoms with Gasteiger partial charge in [0.15, 0.2) is 11.5 Å². The predicted molar refractivity (Wildman–Crippen MR) is 119 cm³/mol. The average molecular weight is 479 g/mol.